The maximum absolute atomic E-state index is 14.0. The van der Waals surface area contributed by atoms with Crippen molar-refractivity contribution in [2.24, 2.45) is 0 Å². The van der Waals surface area contributed by atoms with Crippen molar-refractivity contribution in [3.63, 3.8) is 0 Å². The minimum atomic E-state index is -1.19. The Morgan fingerprint density at radius 1 is 1.09 bits per heavy atom. The molecule has 34 heavy (non-hydrogen) atoms. The van der Waals surface area contributed by atoms with Gasteiger partial charge in [0.25, 0.3) is 5.91 Å². The van der Waals surface area contributed by atoms with Gasteiger partial charge in [-0.2, -0.15) is 0 Å². The molecule has 2 saturated heterocycles. The predicted octanol–water partition coefficient (Wildman–Crippen LogP) is 5.67. The van der Waals surface area contributed by atoms with E-state index in [1.54, 1.807) is 0 Å². The molecule has 2 fully saturated rings. The van der Waals surface area contributed by atoms with Crippen molar-refractivity contribution in [3.05, 3.63) is 69.7 Å². The van der Waals surface area contributed by atoms with Crippen LogP contribution in [0.2, 0.25) is 10.0 Å². The van der Waals surface area contributed by atoms with E-state index in [9.17, 15) is 13.8 Å². The van der Waals surface area contributed by atoms with E-state index < -0.39 is 16.4 Å². The summed E-state index contributed by atoms with van der Waals surface area (Å²) in [5.74, 6) is -0.400. The van der Waals surface area contributed by atoms with Crippen molar-refractivity contribution in [1.29, 1.82) is 0 Å². The number of hydrogen-bond donors (Lipinski definition) is 0. The smallest absolute Gasteiger partial charge is 0.311 e. The highest BCUT2D eigenvalue weighted by molar-refractivity contribution is 7.85. The van der Waals surface area contributed by atoms with Gasteiger partial charge in [-0.3, -0.25) is 13.8 Å². The third kappa shape index (κ3) is 4.77. The second-order valence-electron chi connectivity index (χ2n) is 9.38. The molecule has 5 atom stereocenters. The van der Waals surface area contributed by atoms with Gasteiger partial charge < -0.3 is 9.64 Å². The Balaban J connectivity index is 1.87. The fourth-order valence-corrected chi connectivity index (χ4v) is 6.53. The maximum Gasteiger partial charge on any atom is 0.311 e. The summed E-state index contributed by atoms with van der Waals surface area (Å²) in [6.45, 7) is 5.83. The Morgan fingerprint density at radius 3 is 2.32 bits per heavy atom. The van der Waals surface area contributed by atoms with Crippen molar-refractivity contribution >= 4 is 45.9 Å². The number of esters is 1. The largest absolute Gasteiger partial charge is 0.448 e. The van der Waals surface area contributed by atoms with Crippen molar-refractivity contribution < 1.29 is 18.5 Å². The third-order valence-corrected chi connectivity index (χ3v) is 9.08. The number of hydrogen-bond acceptors (Lipinski definition) is 4. The number of halogens is 2. The van der Waals surface area contributed by atoms with Crippen LogP contribution in [0.5, 0.6) is 0 Å². The number of ether oxygens (including phenoxy) is 1. The van der Waals surface area contributed by atoms with E-state index in [1.165, 1.54) is 0 Å². The molecule has 182 valence electrons. The number of rotatable bonds is 7. The molecule has 4 rings (SSSR count). The van der Waals surface area contributed by atoms with Crippen molar-refractivity contribution in [2.75, 3.05) is 5.75 Å². The van der Waals surface area contributed by atoms with E-state index in [0.29, 0.717) is 28.6 Å². The van der Waals surface area contributed by atoms with Crippen molar-refractivity contribution in [3.8, 4) is 0 Å². The lowest BCUT2D eigenvalue weighted by atomic mass is 9.70. The Hall–Kier alpha value is -1.89. The summed E-state index contributed by atoms with van der Waals surface area (Å²) < 4.78 is 18.5. The van der Waals surface area contributed by atoms with Gasteiger partial charge in [-0.15, -0.1) is 0 Å². The molecular weight excluding hydrogens is 493 g/mol. The Labute approximate surface area is 213 Å². The van der Waals surface area contributed by atoms with E-state index in [1.807, 2.05) is 74.2 Å². The topological polar surface area (TPSA) is 63.7 Å². The first-order valence-corrected chi connectivity index (χ1v) is 13.7. The molecule has 0 aliphatic carbocycles. The summed E-state index contributed by atoms with van der Waals surface area (Å²) >= 11 is 12.5. The van der Waals surface area contributed by atoms with Gasteiger partial charge in [0, 0.05) is 50.2 Å². The first-order chi connectivity index (χ1) is 16.1. The highest BCUT2D eigenvalue weighted by Crippen LogP contribution is 2.52. The molecule has 1 spiro atoms. The normalized spacial score (nSPS) is 26.4. The number of nitrogens with zero attached hydrogens (tertiary/aromatic N) is 1. The zero-order valence-electron chi connectivity index (χ0n) is 19.5. The number of likely N-dealkylation sites (tertiary alicyclic amines) is 1. The van der Waals surface area contributed by atoms with E-state index in [-0.39, 0.29) is 41.5 Å². The Kier molecular flexibility index (Phi) is 7.41. The average molecular weight is 522 g/mol. The van der Waals surface area contributed by atoms with Crippen LogP contribution in [0.25, 0.3) is 0 Å². The predicted molar refractivity (Wildman–Crippen MR) is 136 cm³/mol. The maximum atomic E-state index is 14.0. The molecule has 2 heterocycles. The molecule has 2 aromatic rings. The van der Waals surface area contributed by atoms with Crippen LogP contribution in [0.15, 0.2) is 48.5 Å². The fraction of sp³-hybridized carbons (Fsp3) is 0.462. The Morgan fingerprint density at radius 2 is 1.76 bits per heavy atom. The lowest BCUT2D eigenvalue weighted by Crippen LogP contribution is -2.66. The van der Waals surface area contributed by atoms with Crippen LogP contribution in [0.4, 0.5) is 0 Å². The molecule has 0 bridgehead atoms. The molecular formula is C26H29Cl2NO4S. The molecule has 5 nitrogen and oxygen atoms in total. The van der Waals surface area contributed by atoms with Crippen LogP contribution in [-0.4, -0.2) is 43.6 Å². The van der Waals surface area contributed by atoms with Gasteiger partial charge in [0.05, 0.1) is 12.5 Å². The second kappa shape index (κ2) is 10.00. The third-order valence-electron chi connectivity index (χ3n) is 6.83. The fourth-order valence-electron chi connectivity index (χ4n) is 5.05. The molecule has 5 unspecified atom stereocenters. The second-order valence-corrected chi connectivity index (χ2v) is 12.3. The molecule has 8 heteroatoms. The van der Waals surface area contributed by atoms with Gasteiger partial charge in [-0.05, 0) is 41.8 Å². The van der Waals surface area contributed by atoms with Crippen LogP contribution < -0.4 is 0 Å². The summed E-state index contributed by atoms with van der Waals surface area (Å²) in [5.41, 5.74) is 0.698. The summed E-state index contributed by atoms with van der Waals surface area (Å²) in [6, 6.07) is 14.5. The van der Waals surface area contributed by atoms with Gasteiger partial charge in [0.1, 0.15) is 0 Å². The standard InChI is InChI=1S/C26H29Cl2NO4S/c1-4-21(15-34(32)16(2)3)29-24(17-8-10-19(27)11-9-17)22(18-6-5-7-20(28)12-18)13-26(25(29)31)14-23(30)33-26/h5-12,16,21-22,24H,4,13-15H2,1-3H3. The lowest BCUT2D eigenvalue weighted by Gasteiger charge is -2.54. The Bertz CT molecular complexity index is 1100. The van der Waals surface area contributed by atoms with Crippen molar-refractivity contribution in [1.82, 2.24) is 4.90 Å². The molecule has 2 aromatic carbocycles. The first-order valence-electron chi connectivity index (χ1n) is 11.6. The number of carbonyl (C=O) groups is 2. The summed E-state index contributed by atoms with van der Waals surface area (Å²) in [7, 11) is -1.11. The van der Waals surface area contributed by atoms with Crippen LogP contribution in [0.3, 0.4) is 0 Å². The summed E-state index contributed by atoms with van der Waals surface area (Å²) in [5, 5.41) is 1.18. The van der Waals surface area contributed by atoms with Gasteiger partial charge >= 0.3 is 5.97 Å². The molecule has 0 saturated carbocycles. The summed E-state index contributed by atoms with van der Waals surface area (Å²) in [4.78, 5) is 27.8. The zero-order chi connectivity index (χ0) is 24.6. The highest BCUT2D eigenvalue weighted by Gasteiger charge is 2.61. The minimum Gasteiger partial charge on any atom is -0.448 e. The highest BCUT2D eigenvalue weighted by atomic mass is 35.5. The molecule has 0 radical (unpaired) electrons. The van der Waals surface area contributed by atoms with Crippen LogP contribution in [0.1, 0.15) is 63.1 Å². The summed E-state index contributed by atoms with van der Waals surface area (Å²) in [6.07, 6.45) is 1.04. The van der Waals surface area contributed by atoms with Crippen LogP contribution in [-0.2, 0) is 25.1 Å². The van der Waals surface area contributed by atoms with E-state index in [2.05, 4.69) is 0 Å². The number of amides is 1. The van der Waals surface area contributed by atoms with E-state index >= 15 is 0 Å². The molecule has 0 aromatic heterocycles. The van der Waals surface area contributed by atoms with Crippen molar-refractivity contribution in [2.45, 2.75) is 68.9 Å². The molecule has 0 N–H and O–H groups in total. The number of benzene rings is 2. The molecule has 1 amide bonds. The van der Waals surface area contributed by atoms with Gasteiger partial charge in [-0.25, -0.2) is 0 Å². The minimum absolute atomic E-state index is 0.0258. The monoisotopic (exact) mass is 521 g/mol. The number of piperidine rings is 1. The average Bonchev–Trinajstić information content (AvgIpc) is 2.78. The lowest BCUT2D eigenvalue weighted by molar-refractivity contribution is -0.212. The van der Waals surface area contributed by atoms with Crippen LogP contribution in [0, 0.1) is 0 Å². The molecule has 2 aliphatic rings. The van der Waals surface area contributed by atoms with Crippen LogP contribution >= 0.6 is 23.2 Å². The van der Waals surface area contributed by atoms with Gasteiger partial charge in [0.15, 0.2) is 0 Å². The van der Waals surface area contributed by atoms with E-state index in [0.717, 1.165) is 11.1 Å². The SMILES string of the molecule is CCC(CS(=O)C(C)C)N1C(=O)C2(CC(=O)O2)CC(c2cccc(Cl)c2)C1c1ccc(Cl)cc1. The molecule has 2 aliphatic heterocycles. The quantitative estimate of drug-likeness (QED) is 0.440. The van der Waals surface area contributed by atoms with E-state index in [4.69, 9.17) is 27.9 Å². The number of carbonyl (C=O) groups excluding carboxylic acids is 2. The van der Waals surface area contributed by atoms with Gasteiger partial charge in [0.2, 0.25) is 5.60 Å². The van der Waals surface area contributed by atoms with Gasteiger partial charge in [-0.1, -0.05) is 68.2 Å². The first kappa shape index (κ1) is 25.2. The zero-order valence-corrected chi connectivity index (χ0v) is 21.8.